The summed E-state index contributed by atoms with van der Waals surface area (Å²) in [5.74, 6) is -0.556. The molecule has 130 valence electrons. The number of carbonyl (C=O) groups excluding carboxylic acids is 1. The van der Waals surface area contributed by atoms with Gasteiger partial charge in [0.15, 0.2) is 5.17 Å². The normalized spacial score (nSPS) is 16.5. The lowest BCUT2D eigenvalue weighted by Crippen LogP contribution is -2.35. The molecule has 0 unspecified atom stereocenters. The predicted octanol–water partition coefficient (Wildman–Crippen LogP) is 2.79. The second-order valence-electron chi connectivity index (χ2n) is 5.00. The molecular formula is C16H13FN2O4S2. The molecule has 0 spiro atoms. The maximum Gasteiger partial charge on any atom is 0.272 e. The third-order valence-electron chi connectivity index (χ3n) is 3.37. The summed E-state index contributed by atoms with van der Waals surface area (Å²) in [5.41, 5.74) is 0.484. The molecule has 0 N–H and O–H groups in total. The van der Waals surface area contributed by atoms with Gasteiger partial charge in [0.05, 0.1) is 23.4 Å². The Morgan fingerprint density at radius 1 is 1.12 bits per heavy atom. The first-order valence-electron chi connectivity index (χ1n) is 7.11. The van der Waals surface area contributed by atoms with E-state index in [1.165, 1.54) is 7.11 Å². The minimum absolute atomic E-state index is 0.0323. The van der Waals surface area contributed by atoms with Crippen LogP contribution < -0.4 is 4.74 Å². The Kier molecular flexibility index (Phi) is 4.78. The lowest BCUT2D eigenvalue weighted by atomic mass is 10.3. The van der Waals surface area contributed by atoms with E-state index in [0.717, 1.165) is 36.0 Å². The van der Waals surface area contributed by atoms with Gasteiger partial charge in [-0.2, -0.15) is 4.31 Å². The minimum atomic E-state index is -4.15. The van der Waals surface area contributed by atoms with E-state index in [4.69, 9.17) is 4.74 Å². The highest BCUT2D eigenvalue weighted by atomic mass is 32.2. The average molecular weight is 380 g/mol. The summed E-state index contributed by atoms with van der Waals surface area (Å²) >= 11 is 1.03. The smallest absolute Gasteiger partial charge is 0.272 e. The van der Waals surface area contributed by atoms with Crippen LogP contribution in [0.15, 0.2) is 58.4 Å². The third-order valence-corrected chi connectivity index (χ3v) is 6.14. The number of carbonyl (C=O) groups is 1. The molecule has 0 bridgehead atoms. The quantitative estimate of drug-likeness (QED) is 0.815. The Hall–Kier alpha value is -2.39. The molecule has 25 heavy (non-hydrogen) atoms. The molecule has 1 fully saturated rings. The summed E-state index contributed by atoms with van der Waals surface area (Å²) in [6.07, 6.45) is 0. The Labute approximate surface area is 148 Å². The number of hydrogen-bond acceptors (Lipinski definition) is 6. The third kappa shape index (κ3) is 3.52. The minimum Gasteiger partial charge on any atom is -0.497 e. The number of sulfonamides is 1. The molecule has 2 aromatic carbocycles. The van der Waals surface area contributed by atoms with Crippen molar-refractivity contribution in [2.75, 3.05) is 12.9 Å². The Morgan fingerprint density at radius 2 is 1.76 bits per heavy atom. The fourth-order valence-electron chi connectivity index (χ4n) is 2.14. The van der Waals surface area contributed by atoms with Gasteiger partial charge in [-0.25, -0.2) is 17.8 Å². The van der Waals surface area contributed by atoms with E-state index < -0.39 is 21.7 Å². The number of halogens is 1. The molecule has 6 nitrogen and oxygen atoms in total. The number of aliphatic imine (C=N–C) groups is 1. The van der Waals surface area contributed by atoms with Crippen LogP contribution in [0.4, 0.5) is 10.1 Å². The molecule has 2 aromatic rings. The average Bonchev–Trinajstić information content (AvgIpc) is 2.97. The first-order valence-corrected chi connectivity index (χ1v) is 9.53. The van der Waals surface area contributed by atoms with Crippen molar-refractivity contribution in [2.45, 2.75) is 4.90 Å². The van der Waals surface area contributed by atoms with Gasteiger partial charge in [-0.15, -0.1) is 0 Å². The summed E-state index contributed by atoms with van der Waals surface area (Å²) in [4.78, 5) is 16.2. The number of thioether (sulfide) groups is 1. The Morgan fingerprint density at radius 3 is 2.36 bits per heavy atom. The summed E-state index contributed by atoms with van der Waals surface area (Å²) < 4.78 is 44.2. The van der Waals surface area contributed by atoms with Gasteiger partial charge in [0.25, 0.3) is 15.9 Å². The molecule has 1 heterocycles. The Bertz CT molecular complexity index is 926. The van der Waals surface area contributed by atoms with Crippen LogP contribution in [0.1, 0.15) is 0 Å². The molecule has 1 aliphatic rings. The molecule has 1 aliphatic heterocycles. The molecule has 3 rings (SSSR count). The Balaban J connectivity index is 1.98. The van der Waals surface area contributed by atoms with Gasteiger partial charge in [0.2, 0.25) is 0 Å². The van der Waals surface area contributed by atoms with Gasteiger partial charge in [0, 0.05) is 0 Å². The zero-order valence-corrected chi connectivity index (χ0v) is 14.7. The zero-order chi connectivity index (χ0) is 18.0. The van der Waals surface area contributed by atoms with Crippen molar-refractivity contribution < 1.29 is 22.3 Å². The highest BCUT2D eigenvalue weighted by Gasteiger charge is 2.39. The maximum absolute atomic E-state index is 13.0. The van der Waals surface area contributed by atoms with Crippen LogP contribution in [0.3, 0.4) is 0 Å². The van der Waals surface area contributed by atoms with Crippen LogP contribution in [0.5, 0.6) is 5.75 Å². The van der Waals surface area contributed by atoms with Crippen molar-refractivity contribution in [3.63, 3.8) is 0 Å². The SMILES string of the molecule is COc1ccc(N=C2SCC(=O)N2S(=O)(=O)c2ccc(F)cc2)cc1. The van der Waals surface area contributed by atoms with Crippen molar-refractivity contribution in [2.24, 2.45) is 4.99 Å². The van der Waals surface area contributed by atoms with Crippen molar-refractivity contribution >= 4 is 38.5 Å². The van der Waals surface area contributed by atoms with Gasteiger partial charge in [-0.05, 0) is 48.5 Å². The maximum atomic E-state index is 13.0. The van der Waals surface area contributed by atoms with E-state index in [1.54, 1.807) is 24.3 Å². The summed E-state index contributed by atoms with van der Waals surface area (Å²) in [6.45, 7) is 0. The summed E-state index contributed by atoms with van der Waals surface area (Å²) in [6, 6.07) is 11.0. The number of rotatable bonds is 4. The van der Waals surface area contributed by atoms with Crippen molar-refractivity contribution in [1.82, 2.24) is 4.31 Å². The van der Waals surface area contributed by atoms with Crippen molar-refractivity contribution in [1.29, 1.82) is 0 Å². The molecule has 0 aliphatic carbocycles. The molecule has 0 atom stereocenters. The van der Waals surface area contributed by atoms with E-state index >= 15 is 0 Å². The topological polar surface area (TPSA) is 76.0 Å². The van der Waals surface area contributed by atoms with Crippen molar-refractivity contribution in [3.8, 4) is 5.75 Å². The molecule has 9 heteroatoms. The fraction of sp³-hybridized carbons (Fsp3) is 0.125. The molecule has 0 radical (unpaired) electrons. The van der Waals surface area contributed by atoms with Gasteiger partial charge in [-0.1, -0.05) is 11.8 Å². The second-order valence-corrected chi connectivity index (χ2v) is 7.73. The number of amidine groups is 1. The fourth-order valence-corrected chi connectivity index (χ4v) is 4.72. The van der Waals surface area contributed by atoms with E-state index in [-0.39, 0.29) is 15.8 Å². The van der Waals surface area contributed by atoms with Gasteiger partial charge >= 0.3 is 0 Å². The molecular weight excluding hydrogens is 367 g/mol. The number of benzene rings is 2. The van der Waals surface area contributed by atoms with E-state index in [0.29, 0.717) is 15.7 Å². The van der Waals surface area contributed by atoms with Crippen LogP contribution in [0.2, 0.25) is 0 Å². The molecule has 0 aromatic heterocycles. The first kappa shape index (κ1) is 17.4. The highest BCUT2D eigenvalue weighted by Crippen LogP contribution is 2.30. The van der Waals surface area contributed by atoms with Gasteiger partial charge < -0.3 is 4.74 Å². The standard InChI is InChI=1S/C16H13FN2O4S2/c1-23-13-6-4-12(5-7-13)18-16-19(15(20)10-24-16)25(21,22)14-8-2-11(17)3-9-14/h2-9H,10H2,1H3. The number of nitrogens with zero attached hydrogens (tertiary/aromatic N) is 2. The molecule has 1 saturated heterocycles. The van der Waals surface area contributed by atoms with E-state index in [9.17, 15) is 17.6 Å². The number of hydrogen-bond donors (Lipinski definition) is 0. The predicted molar refractivity (Wildman–Crippen MR) is 93.0 cm³/mol. The summed E-state index contributed by atoms with van der Waals surface area (Å²) in [7, 11) is -2.61. The van der Waals surface area contributed by atoms with Gasteiger partial charge in [0.1, 0.15) is 11.6 Å². The zero-order valence-electron chi connectivity index (χ0n) is 13.0. The number of methoxy groups -OCH3 is 1. The van der Waals surface area contributed by atoms with Gasteiger partial charge in [-0.3, -0.25) is 4.79 Å². The van der Waals surface area contributed by atoms with E-state index in [2.05, 4.69) is 4.99 Å². The number of amides is 1. The first-order chi connectivity index (χ1) is 11.9. The summed E-state index contributed by atoms with van der Waals surface area (Å²) in [5, 5.41) is 0.0551. The molecule has 0 saturated carbocycles. The van der Waals surface area contributed by atoms with Crippen molar-refractivity contribution in [3.05, 3.63) is 54.3 Å². The van der Waals surface area contributed by atoms with Crippen LogP contribution in [-0.2, 0) is 14.8 Å². The lowest BCUT2D eigenvalue weighted by Gasteiger charge is -2.16. The second kappa shape index (κ2) is 6.85. The van der Waals surface area contributed by atoms with Crippen LogP contribution in [0.25, 0.3) is 0 Å². The van der Waals surface area contributed by atoms with Crippen LogP contribution >= 0.6 is 11.8 Å². The lowest BCUT2D eigenvalue weighted by molar-refractivity contribution is -0.120. The van der Waals surface area contributed by atoms with Crippen LogP contribution in [0, 0.1) is 5.82 Å². The monoisotopic (exact) mass is 380 g/mol. The number of ether oxygens (including phenoxy) is 1. The van der Waals surface area contributed by atoms with E-state index in [1.807, 2.05) is 0 Å². The van der Waals surface area contributed by atoms with Crippen LogP contribution in [-0.4, -0.2) is 36.7 Å². The molecule has 1 amide bonds. The largest absolute Gasteiger partial charge is 0.497 e. The highest BCUT2D eigenvalue weighted by molar-refractivity contribution is 8.16.